The van der Waals surface area contributed by atoms with Gasteiger partial charge in [0.1, 0.15) is 29.3 Å². The lowest BCUT2D eigenvalue weighted by atomic mass is 10.0. The van der Waals surface area contributed by atoms with Crippen LogP contribution in [-0.2, 0) is 17.5 Å². The normalized spacial score (nSPS) is 11.8. The highest BCUT2D eigenvalue weighted by molar-refractivity contribution is 5.95. The molecule has 0 aromatic heterocycles. The van der Waals surface area contributed by atoms with Crippen LogP contribution in [0.15, 0.2) is 36.4 Å². The van der Waals surface area contributed by atoms with E-state index in [0.29, 0.717) is 23.9 Å². The van der Waals surface area contributed by atoms with Crippen LogP contribution in [0.1, 0.15) is 59.5 Å². The largest absolute Gasteiger partial charge is 0.506 e. The van der Waals surface area contributed by atoms with Gasteiger partial charge in [0.15, 0.2) is 0 Å². The van der Waals surface area contributed by atoms with E-state index in [1.165, 1.54) is 17.0 Å². The summed E-state index contributed by atoms with van der Waals surface area (Å²) in [5.41, 5.74) is -2.46. The van der Waals surface area contributed by atoms with Crippen molar-refractivity contribution in [2.45, 2.75) is 46.1 Å². The third-order valence-corrected chi connectivity index (χ3v) is 4.49. The van der Waals surface area contributed by atoms with Gasteiger partial charge in [-0.1, -0.05) is 6.07 Å². The lowest BCUT2D eigenvalue weighted by Gasteiger charge is -2.22. The molecule has 0 bridgehead atoms. The molecule has 0 atom stereocenters. The van der Waals surface area contributed by atoms with Gasteiger partial charge in [0.05, 0.1) is 5.56 Å². The van der Waals surface area contributed by atoms with Gasteiger partial charge in [-0.15, -0.1) is 0 Å². The van der Waals surface area contributed by atoms with Crippen LogP contribution in [0, 0.1) is 0 Å². The van der Waals surface area contributed by atoms with Crippen LogP contribution < -0.4 is 4.74 Å². The van der Waals surface area contributed by atoms with Crippen LogP contribution in [0.5, 0.6) is 11.5 Å². The summed E-state index contributed by atoms with van der Waals surface area (Å²) < 4.78 is 50.4. The summed E-state index contributed by atoms with van der Waals surface area (Å²) in [6.45, 7) is 6.76. The number of alkyl halides is 3. The van der Waals surface area contributed by atoms with Gasteiger partial charge in [-0.3, -0.25) is 4.79 Å². The number of carbonyl (C=O) groups excluding carboxylic acids is 2. The summed E-state index contributed by atoms with van der Waals surface area (Å²) >= 11 is 0. The van der Waals surface area contributed by atoms with Gasteiger partial charge in [0.25, 0.3) is 5.91 Å². The van der Waals surface area contributed by atoms with Crippen LogP contribution in [0.25, 0.3) is 0 Å². The number of rotatable bonds is 6. The molecule has 0 saturated heterocycles. The second kappa shape index (κ2) is 9.50. The first-order chi connectivity index (χ1) is 14.7. The lowest BCUT2D eigenvalue weighted by molar-refractivity contribution is -0.138. The number of carbonyl (C=O) groups is 2. The van der Waals surface area contributed by atoms with Crippen molar-refractivity contribution in [1.82, 2.24) is 4.90 Å². The SMILES string of the molecule is CCN(C)C(=O)c1ccc(OCc2ccc(C(F)(F)F)c(O)c2C(=O)OC(C)(C)C)cc1. The van der Waals surface area contributed by atoms with Crippen LogP contribution >= 0.6 is 0 Å². The fourth-order valence-corrected chi connectivity index (χ4v) is 2.76. The Labute approximate surface area is 184 Å². The standard InChI is InChI=1S/C23H26F3NO5/c1-6-27(5)20(29)14-7-10-16(11-8-14)31-13-15-9-12-17(23(24,25)26)19(28)18(15)21(30)32-22(2,3)4/h7-12,28H,6,13H2,1-5H3. The van der Waals surface area contributed by atoms with E-state index in [4.69, 9.17) is 9.47 Å². The smallest absolute Gasteiger partial charge is 0.419 e. The Kier molecular flexibility index (Phi) is 7.43. The highest BCUT2D eigenvalue weighted by Gasteiger charge is 2.37. The Morgan fingerprint density at radius 2 is 1.62 bits per heavy atom. The van der Waals surface area contributed by atoms with E-state index in [0.717, 1.165) is 6.07 Å². The minimum Gasteiger partial charge on any atom is -0.506 e. The molecule has 2 aromatic rings. The Bertz CT molecular complexity index is 979. The summed E-state index contributed by atoms with van der Waals surface area (Å²) in [6, 6.07) is 7.94. The van der Waals surface area contributed by atoms with E-state index >= 15 is 0 Å². The molecule has 0 unspecified atom stereocenters. The Morgan fingerprint density at radius 1 is 1.03 bits per heavy atom. The summed E-state index contributed by atoms with van der Waals surface area (Å²) in [7, 11) is 1.67. The molecule has 1 amide bonds. The number of halogens is 3. The number of benzene rings is 2. The molecule has 0 radical (unpaired) electrons. The van der Waals surface area contributed by atoms with Gasteiger partial charge in [-0.05, 0) is 58.0 Å². The first kappa shape index (κ1) is 25.0. The number of ether oxygens (including phenoxy) is 2. The van der Waals surface area contributed by atoms with Gasteiger partial charge in [0.2, 0.25) is 0 Å². The number of hydrogen-bond donors (Lipinski definition) is 1. The van der Waals surface area contributed by atoms with Crippen molar-refractivity contribution in [2.24, 2.45) is 0 Å². The Balaban J connectivity index is 2.32. The number of esters is 1. The van der Waals surface area contributed by atoms with Crippen LogP contribution in [-0.4, -0.2) is 41.1 Å². The van der Waals surface area contributed by atoms with Crippen LogP contribution in [0.2, 0.25) is 0 Å². The van der Waals surface area contributed by atoms with Crippen molar-refractivity contribution in [2.75, 3.05) is 13.6 Å². The van der Waals surface area contributed by atoms with Crippen molar-refractivity contribution in [3.8, 4) is 11.5 Å². The fourth-order valence-electron chi connectivity index (χ4n) is 2.76. The number of amides is 1. The second-order valence-electron chi connectivity index (χ2n) is 8.13. The molecule has 0 aliphatic rings. The molecule has 32 heavy (non-hydrogen) atoms. The van der Waals surface area contributed by atoms with Crippen molar-refractivity contribution >= 4 is 11.9 Å². The summed E-state index contributed by atoms with van der Waals surface area (Å²) in [5, 5.41) is 10.2. The van der Waals surface area contributed by atoms with Gasteiger partial charge in [-0.2, -0.15) is 13.2 Å². The monoisotopic (exact) mass is 453 g/mol. The molecular formula is C23H26F3NO5. The highest BCUT2D eigenvalue weighted by Crippen LogP contribution is 2.39. The average Bonchev–Trinajstić information content (AvgIpc) is 2.69. The van der Waals surface area contributed by atoms with Gasteiger partial charge in [0, 0.05) is 24.7 Å². The van der Waals surface area contributed by atoms with E-state index in [9.17, 15) is 27.9 Å². The molecule has 2 rings (SSSR count). The molecule has 1 N–H and O–H groups in total. The molecule has 9 heteroatoms. The zero-order chi connectivity index (χ0) is 24.3. The highest BCUT2D eigenvalue weighted by atomic mass is 19.4. The molecular weight excluding hydrogens is 427 g/mol. The molecule has 0 heterocycles. The summed E-state index contributed by atoms with van der Waals surface area (Å²) in [5.74, 6) is -2.14. The zero-order valence-corrected chi connectivity index (χ0v) is 18.5. The number of aromatic hydroxyl groups is 1. The van der Waals surface area contributed by atoms with Crippen LogP contribution in [0.4, 0.5) is 13.2 Å². The molecule has 0 saturated carbocycles. The topological polar surface area (TPSA) is 76.1 Å². The maximum atomic E-state index is 13.2. The quantitative estimate of drug-likeness (QED) is 0.621. The molecule has 2 aromatic carbocycles. The minimum absolute atomic E-state index is 0.0237. The van der Waals surface area contributed by atoms with E-state index in [-0.39, 0.29) is 18.1 Å². The Hall–Kier alpha value is -3.23. The predicted octanol–water partition coefficient (Wildman–Crippen LogP) is 5.04. The first-order valence-electron chi connectivity index (χ1n) is 9.88. The van der Waals surface area contributed by atoms with Crippen molar-refractivity contribution < 1.29 is 37.3 Å². The van der Waals surface area contributed by atoms with Crippen LogP contribution in [0.3, 0.4) is 0 Å². The maximum Gasteiger partial charge on any atom is 0.419 e. The number of phenolic OH excluding ortho intramolecular Hbond substituents is 1. The molecule has 0 aliphatic heterocycles. The first-order valence-corrected chi connectivity index (χ1v) is 9.88. The van der Waals surface area contributed by atoms with Crippen molar-refractivity contribution in [3.05, 3.63) is 58.7 Å². The summed E-state index contributed by atoms with van der Waals surface area (Å²) in [6.07, 6.45) is -4.85. The second-order valence-corrected chi connectivity index (χ2v) is 8.13. The third kappa shape index (κ3) is 6.15. The summed E-state index contributed by atoms with van der Waals surface area (Å²) in [4.78, 5) is 26.3. The van der Waals surface area contributed by atoms with Gasteiger partial charge < -0.3 is 19.5 Å². The Morgan fingerprint density at radius 3 is 2.12 bits per heavy atom. The van der Waals surface area contributed by atoms with Gasteiger partial charge in [-0.25, -0.2) is 4.79 Å². The van der Waals surface area contributed by atoms with E-state index in [1.807, 2.05) is 6.92 Å². The number of hydrogen-bond acceptors (Lipinski definition) is 5. The third-order valence-electron chi connectivity index (χ3n) is 4.49. The molecule has 6 nitrogen and oxygen atoms in total. The van der Waals surface area contributed by atoms with Crippen molar-refractivity contribution in [3.63, 3.8) is 0 Å². The average molecular weight is 453 g/mol. The molecule has 0 fully saturated rings. The van der Waals surface area contributed by atoms with Crippen molar-refractivity contribution in [1.29, 1.82) is 0 Å². The number of phenols is 1. The molecule has 174 valence electrons. The predicted molar refractivity (Wildman–Crippen MR) is 112 cm³/mol. The lowest BCUT2D eigenvalue weighted by Crippen LogP contribution is -2.26. The van der Waals surface area contributed by atoms with Gasteiger partial charge >= 0.3 is 12.1 Å². The molecule has 0 spiro atoms. The number of nitrogens with zero attached hydrogens (tertiary/aromatic N) is 1. The van der Waals surface area contributed by atoms with E-state index in [2.05, 4.69) is 0 Å². The fraction of sp³-hybridized carbons (Fsp3) is 0.391. The van der Waals surface area contributed by atoms with E-state index < -0.39 is 34.6 Å². The minimum atomic E-state index is -4.85. The van der Waals surface area contributed by atoms with E-state index in [1.54, 1.807) is 40.0 Å². The zero-order valence-electron chi connectivity index (χ0n) is 18.5. The molecule has 0 aliphatic carbocycles. The maximum absolute atomic E-state index is 13.2.